The van der Waals surface area contributed by atoms with Gasteiger partial charge in [-0.15, -0.1) is 23.5 Å². The minimum absolute atomic E-state index is 0.106. The van der Waals surface area contributed by atoms with Crippen molar-refractivity contribution in [3.8, 4) is 0 Å². The second-order valence-electron chi connectivity index (χ2n) is 6.13. The van der Waals surface area contributed by atoms with Crippen LogP contribution in [-0.4, -0.2) is 69.3 Å². The van der Waals surface area contributed by atoms with Gasteiger partial charge in [0.25, 0.3) is 0 Å². The number of rotatable bonds is 7. The summed E-state index contributed by atoms with van der Waals surface area (Å²) in [4.78, 5) is 39.6. The molecule has 0 radical (unpaired) electrons. The van der Waals surface area contributed by atoms with Gasteiger partial charge >= 0.3 is 11.8 Å². The van der Waals surface area contributed by atoms with Crippen molar-refractivity contribution in [2.24, 2.45) is 5.92 Å². The first-order valence-corrected chi connectivity index (χ1v) is 9.89. The summed E-state index contributed by atoms with van der Waals surface area (Å²) in [6.45, 7) is 3.51. The third kappa shape index (κ3) is 3.05. The Bertz CT molecular complexity index is 754. The van der Waals surface area contributed by atoms with Crippen LogP contribution in [0.5, 0.6) is 0 Å². The summed E-state index contributed by atoms with van der Waals surface area (Å²) >= 11 is 2.70. The highest BCUT2D eigenvalue weighted by molar-refractivity contribution is 8.17. The third-order valence-electron chi connectivity index (χ3n) is 4.54. The number of fused-ring (bicyclic) bond motifs is 1. The highest BCUT2D eigenvalue weighted by Crippen LogP contribution is 2.52. The summed E-state index contributed by atoms with van der Waals surface area (Å²) < 4.78 is 1.08. The van der Waals surface area contributed by atoms with Crippen molar-refractivity contribution in [2.45, 2.75) is 42.5 Å². The first-order valence-electron chi connectivity index (χ1n) is 7.90. The molecule has 0 spiro atoms. The molecule has 10 nitrogen and oxygen atoms in total. The molecule has 1 unspecified atom stereocenters. The van der Waals surface area contributed by atoms with Gasteiger partial charge < -0.3 is 25.2 Å². The smallest absolute Gasteiger partial charge is 0.342 e. The summed E-state index contributed by atoms with van der Waals surface area (Å²) in [5, 5.41) is 29.9. The molecule has 0 bridgehead atoms. The van der Waals surface area contributed by atoms with E-state index in [4.69, 9.17) is 0 Å². The fraction of sp³-hybridized carbons (Fsp3) is 0.643. The standard InChI is InChI=1S/C14H18N4O6S2/c1-6(19)9-11(20)17-10(13(21)22)14(26-12(9)17)25-4-3-16-7(2)15-5-8(16)18(23)24/h5-6,9-10,12,14,19H,3-4H2,1-2H3,(H,21,22)/t6?,9-,10-,12-,14-/m1/s1. The molecule has 0 aromatic carbocycles. The molecule has 5 atom stereocenters. The van der Waals surface area contributed by atoms with Crippen molar-refractivity contribution in [1.29, 1.82) is 0 Å². The number of carbonyl (C=O) groups excluding carboxylic acids is 1. The number of hydrogen-bond donors (Lipinski definition) is 2. The number of hydrogen-bond acceptors (Lipinski definition) is 8. The predicted molar refractivity (Wildman–Crippen MR) is 94.7 cm³/mol. The van der Waals surface area contributed by atoms with Crippen LogP contribution in [0.1, 0.15) is 12.7 Å². The van der Waals surface area contributed by atoms with Crippen molar-refractivity contribution in [2.75, 3.05) is 5.75 Å². The fourth-order valence-corrected chi connectivity index (χ4v) is 6.69. The lowest BCUT2D eigenvalue weighted by Crippen LogP contribution is -2.64. The lowest BCUT2D eigenvalue weighted by molar-refractivity contribution is -0.392. The van der Waals surface area contributed by atoms with Gasteiger partial charge in [0.1, 0.15) is 12.7 Å². The maximum absolute atomic E-state index is 12.2. The van der Waals surface area contributed by atoms with Gasteiger partial charge in [0.05, 0.1) is 22.0 Å². The molecule has 26 heavy (non-hydrogen) atoms. The molecule has 1 aromatic rings. The second kappa shape index (κ2) is 7.08. The molecule has 2 fully saturated rings. The SMILES string of the molecule is Cc1ncc([N+](=O)[O-])n1CCS[C@@H]1S[C@@H]2[C@H](C(C)O)C(=O)N2[C@@H]1C(=O)O. The Kier molecular flexibility index (Phi) is 5.17. The molecular weight excluding hydrogens is 384 g/mol. The number of aliphatic hydroxyl groups is 1. The van der Waals surface area contributed by atoms with Crippen LogP contribution < -0.4 is 0 Å². The van der Waals surface area contributed by atoms with E-state index < -0.39 is 33.5 Å². The van der Waals surface area contributed by atoms with Crippen LogP contribution in [0.15, 0.2) is 6.20 Å². The van der Waals surface area contributed by atoms with Crippen molar-refractivity contribution in [1.82, 2.24) is 14.5 Å². The minimum atomic E-state index is -1.08. The average molecular weight is 402 g/mol. The van der Waals surface area contributed by atoms with Crippen LogP contribution >= 0.6 is 23.5 Å². The highest BCUT2D eigenvalue weighted by Gasteiger charge is 2.62. The number of aliphatic carboxylic acids is 1. The molecule has 1 amide bonds. The van der Waals surface area contributed by atoms with Crippen LogP contribution in [0, 0.1) is 23.0 Å². The molecule has 3 heterocycles. The molecule has 3 rings (SSSR count). The molecule has 0 aliphatic carbocycles. The Morgan fingerprint density at radius 3 is 2.85 bits per heavy atom. The number of nitro groups is 1. The number of aliphatic hydroxyl groups excluding tert-OH is 1. The van der Waals surface area contributed by atoms with E-state index in [-0.39, 0.29) is 17.1 Å². The lowest BCUT2D eigenvalue weighted by atomic mass is 9.91. The second-order valence-corrected chi connectivity index (χ2v) is 8.94. The van der Waals surface area contributed by atoms with Crippen LogP contribution in [0.2, 0.25) is 0 Å². The van der Waals surface area contributed by atoms with E-state index in [2.05, 4.69) is 4.98 Å². The third-order valence-corrected chi connectivity index (χ3v) is 7.61. The zero-order chi connectivity index (χ0) is 19.2. The summed E-state index contributed by atoms with van der Waals surface area (Å²) in [5.74, 6) is -1.16. The van der Waals surface area contributed by atoms with E-state index in [1.54, 1.807) is 6.92 Å². The van der Waals surface area contributed by atoms with Crippen LogP contribution in [-0.2, 0) is 16.1 Å². The summed E-state index contributed by atoms with van der Waals surface area (Å²) in [6, 6.07) is -0.962. The topological polar surface area (TPSA) is 139 Å². The van der Waals surface area contributed by atoms with Gasteiger partial charge in [-0.25, -0.2) is 14.3 Å². The first-order chi connectivity index (χ1) is 12.2. The summed E-state index contributed by atoms with van der Waals surface area (Å²) in [5.41, 5.74) is 0. The minimum Gasteiger partial charge on any atom is -0.480 e. The number of imidazole rings is 1. The number of aryl methyl sites for hydroxylation is 1. The number of carboxylic acid groups (broad SMARTS) is 1. The fourth-order valence-electron chi connectivity index (χ4n) is 3.25. The average Bonchev–Trinajstić information content (AvgIpc) is 3.06. The molecule has 12 heteroatoms. The number of carboxylic acids is 1. The largest absolute Gasteiger partial charge is 0.480 e. The molecule has 2 saturated heterocycles. The Hall–Kier alpha value is -1.79. The van der Waals surface area contributed by atoms with E-state index in [0.29, 0.717) is 18.1 Å². The van der Waals surface area contributed by atoms with Crippen molar-refractivity contribution in [3.05, 3.63) is 22.1 Å². The van der Waals surface area contributed by atoms with Gasteiger partial charge in [0.15, 0.2) is 11.9 Å². The van der Waals surface area contributed by atoms with E-state index in [1.165, 1.54) is 46.1 Å². The zero-order valence-electron chi connectivity index (χ0n) is 14.0. The Labute approximate surface area is 157 Å². The van der Waals surface area contributed by atoms with Crippen molar-refractivity contribution in [3.63, 3.8) is 0 Å². The number of aromatic nitrogens is 2. The van der Waals surface area contributed by atoms with E-state index in [1.807, 2.05) is 0 Å². The van der Waals surface area contributed by atoms with Crippen LogP contribution in [0.25, 0.3) is 0 Å². The number of β-lactam (4-membered cyclic amide) rings is 1. The normalized spacial score (nSPS) is 28.6. The van der Waals surface area contributed by atoms with Gasteiger partial charge in [-0.1, -0.05) is 0 Å². The lowest BCUT2D eigenvalue weighted by Gasteiger charge is -2.44. The van der Waals surface area contributed by atoms with Gasteiger partial charge in [0, 0.05) is 12.7 Å². The maximum Gasteiger partial charge on any atom is 0.342 e. The molecule has 2 N–H and O–H groups in total. The van der Waals surface area contributed by atoms with E-state index >= 15 is 0 Å². The van der Waals surface area contributed by atoms with Crippen LogP contribution in [0.3, 0.4) is 0 Å². The van der Waals surface area contributed by atoms with Crippen molar-refractivity contribution < 1.29 is 24.7 Å². The summed E-state index contributed by atoms with van der Waals surface area (Å²) in [7, 11) is 0. The summed E-state index contributed by atoms with van der Waals surface area (Å²) in [6.07, 6.45) is 0.369. The number of amides is 1. The van der Waals surface area contributed by atoms with Crippen LogP contribution in [0.4, 0.5) is 5.82 Å². The molecule has 1 aromatic heterocycles. The highest BCUT2D eigenvalue weighted by atomic mass is 32.2. The zero-order valence-corrected chi connectivity index (χ0v) is 15.6. The number of thioether (sulfide) groups is 2. The van der Waals surface area contributed by atoms with Gasteiger partial charge in [0.2, 0.25) is 5.91 Å². The van der Waals surface area contributed by atoms with Gasteiger partial charge in [-0.3, -0.25) is 4.79 Å². The molecule has 142 valence electrons. The molecular formula is C14H18N4O6S2. The number of nitrogens with zero attached hydrogens (tertiary/aromatic N) is 4. The van der Waals surface area contributed by atoms with Gasteiger partial charge in [-0.05, 0) is 11.8 Å². The number of carbonyl (C=O) groups is 2. The van der Waals surface area contributed by atoms with E-state index in [0.717, 1.165) is 0 Å². The molecule has 2 aliphatic heterocycles. The Balaban J connectivity index is 1.67. The molecule has 0 saturated carbocycles. The van der Waals surface area contributed by atoms with Crippen molar-refractivity contribution >= 4 is 41.2 Å². The Morgan fingerprint density at radius 1 is 1.58 bits per heavy atom. The van der Waals surface area contributed by atoms with Gasteiger partial charge in [-0.2, -0.15) is 0 Å². The quantitative estimate of drug-likeness (QED) is 0.380. The Morgan fingerprint density at radius 2 is 2.27 bits per heavy atom. The first kappa shape index (κ1) is 19.0. The molecule has 2 aliphatic rings. The van der Waals surface area contributed by atoms with E-state index in [9.17, 15) is 29.9 Å². The predicted octanol–water partition coefficient (Wildman–Crippen LogP) is 0.524. The maximum atomic E-state index is 12.2. The monoisotopic (exact) mass is 402 g/mol.